The van der Waals surface area contributed by atoms with Crippen molar-refractivity contribution in [3.8, 4) is 5.75 Å². The highest BCUT2D eigenvalue weighted by atomic mass is 16.5. The lowest BCUT2D eigenvalue weighted by molar-refractivity contribution is -0.120. The van der Waals surface area contributed by atoms with Crippen molar-refractivity contribution in [2.45, 2.75) is 6.54 Å². The molecular formula is C20H20N4O3. The van der Waals surface area contributed by atoms with E-state index in [-0.39, 0.29) is 12.5 Å². The molecule has 0 atom stereocenters. The minimum atomic E-state index is -0.531. The summed E-state index contributed by atoms with van der Waals surface area (Å²) in [5.74, 6) is 0.582. The average molecular weight is 364 g/mol. The third kappa shape index (κ3) is 4.72. The molecule has 0 aliphatic carbocycles. The Morgan fingerprint density at radius 2 is 1.93 bits per heavy atom. The summed E-state index contributed by atoms with van der Waals surface area (Å²) in [7, 11) is 1.93. The first-order valence-electron chi connectivity index (χ1n) is 8.40. The van der Waals surface area contributed by atoms with E-state index in [2.05, 4.69) is 10.3 Å². The second-order valence-electron chi connectivity index (χ2n) is 5.95. The van der Waals surface area contributed by atoms with Crippen LogP contribution < -0.4 is 15.8 Å². The number of aryl methyl sites for hydroxylation is 1. The van der Waals surface area contributed by atoms with Gasteiger partial charge in [-0.1, -0.05) is 24.3 Å². The van der Waals surface area contributed by atoms with Gasteiger partial charge in [-0.15, -0.1) is 0 Å². The van der Waals surface area contributed by atoms with Gasteiger partial charge in [-0.25, -0.2) is 4.98 Å². The number of para-hydroxylation sites is 2. The number of hydrogen-bond acceptors (Lipinski definition) is 4. The minimum absolute atomic E-state index is 0.167. The summed E-state index contributed by atoms with van der Waals surface area (Å²) in [5, 5.41) is 2.83. The van der Waals surface area contributed by atoms with Gasteiger partial charge in [0.05, 0.1) is 17.6 Å². The summed E-state index contributed by atoms with van der Waals surface area (Å²) in [6, 6.07) is 14.8. The third-order valence-corrected chi connectivity index (χ3v) is 3.99. The van der Waals surface area contributed by atoms with Crippen molar-refractivity contribution in [2.75, 3.05) is 6.61 Å². The molecule has 3 N–H and O–H groups in total. The van der Waals surface area contributed by atoms with E-state index >= 15 is 0 Å². The number of ether oxygens (including phenoxy) is 1. The molecule has 7 heteroatoms. The molecule has 0 radical (unpaired) electrons. The lowest BCUT2D eigenvalue weighted by atomic mass is 10.2. The molecule has 1 aromatic heterocycles. The summed E-state index contributed by atoms with van der Waals surface area (Å²) < 4.78 is 7.15. The number of hydrogen-bond donors (Lipinski definition) is 2. The standard InChI is InChI=1S/C20H20N4O3/c1-24-17-5-3-2-4-16(17)23-19(24)12-22-20(26)11-8-14-6-9-15(10-7-14)27-13-18(21)25/h2-11H,12-13H2,1H3,(H2,21,25)(H,22,26)/b11-8+. The zero-order valence-electron chi connectivity index (χ0n) is 14.9. The van der Waals surface area contributed by atoms with Gasteiger partial charge in [-0.2, -0.15) is 0 Å². The molecular weight excluding hydrogens is 344 g/mol. The predicted molar refractivity (Wildman–Crippen MR) is 103 cm³/mol. The van der Waals surface area contributed by atoms with Gasteiger partial charge in [0.1, 0.15) is 11.6 Å². The quantitative estimate of drug-likeness (QED) is 0.624. The van der Waals surface area contributed by atoms with Gasteiger partial charge in [0, 0.05) is 13.1 Å². The van der Waals surface area contributed by atoms with E-state index in [1.165, 1.54) is 6.08 Å². The lowest BCUT2D eigenvalue weighted by Crippen LogP contribution is -2.22. The average Bonchev–Trinajstić information content (AvgIpc) is 3.00. The Kier molecular flexibility index (Phi) is 5.51. The normalized spacial score (nSPS) is 11.0. The molecule has 3 aromatic rings. The van der Waals surface area contributed by atoms with E-state index in [9.17, 15) is 9.59 Å². The summed E-state index contributed by atoms with van der Waals surface area (Å²) in [6.07, 6.45) is 3.16. The minimum Gasteiger partial charge on any atom is -0.484 e. The van der Waals surface area contributed by atoms with Gasteiger partial charge in [0.2, 0.25) is 5.91 Å². The number of nitrogens with one attached hydrogen (secondary N) is 1. The van der Waals surface area contributed by atoms with Crippen molar-refractivity contribution < 1.29 is 14.3 Å². The van der Waals surface area contributed by atoms with E-state index < -0.39 is 5.91 Å². The van der Waals surface area contributed by atoms with Gasteiger partial charge in [-0.05, 0) is 35.9 Å². The van der Waals surface area contributed by atoms with E-state index in [1.54, 1.807) is 30.3 Å². The maximum atomic E-state index is 12.0. The Labute approximate surface area is 156 Å². The van der Waals surface area contributed by atoms with Crippen LogP contribution in [0.3, 0.4) is 0 Å². The molecule has 0 fully saturated rings. The largest absolute Gasteiger partial charge is 0.484 e. The number of nitrogens with zero attached hydrogens (tertiary/aromatic N) is 2. The Balaban J connectivity index is 1.55. The molecule has 1 heterocycles. The van der Waals surface area contributed by atoms with Gasteiger partial charge in [0.25, 0.3) is 5.91 Å². The van der Waals surface area contributed by atoms with Gasteiger partial charge < -0.3 is 20.4 Å². The van der Waals surface area contributed by atoms with Crippen molar-refractivity contribution in [3.05, 3.63) is 66.0 Å². The van der Waals surface area contributed by atoms with Gasteiger partial charge in [-0.3, -0.25) is 9.59 Å². The number of carbonyl (C=O) groups excluding carboxylic acids is 2. The summed E-state index contributed by atoms with van der Waals surface area (Å²) in [5.41, 5.74) is 7.79. The second kappa shape index (κ2) is 8.18. The molecule has 2 amide bonds. The fraction of sp³-hybridized carbons (Fsp3) is 0.150. The number of aromatic nitrogens is 2. The highest BCUT2D eigenvalue weighted by Crippen LogP contribution is 2.14. The SMILES string of the molecule is Cn1c(CNC(=O)/C=C/c2ccc(OCC(N)=O)cc2)nc2ccccc21. The van der Waals surface area contributed by atoms with Crippen LogP contribution in [-0.4, -0.2) is 28.0 Å². The molecule has 0 aliphatic rings. The zero-order chi connectivity index (χ0) is 19.2. The molecule has 0 spiro atoms. The lowest BCUT2D eigenvalue weighted by Gasteiger charge is -2.04. The van der Waals surface area contributed by atoms with Crippen LogP contribution in [0.2, 0.25) is 0 Å². The highest BCUT2D eigenvalue weighted by Gasteiger charge is 2.07. The van der Waals surface area contributed by atoms with Crippen LogP contribution in [0.4, 0.5) is 0 Å². The molecule has 2 aromatic carbocycles. The molecule has 27 heavy (non-hydrogen) atoms. The molecule has 138 valence electrons. The number of primary amides is 1. The first-order chi connectivity index (χ1) is 13.0. The number of nitrogens with two attached hydrogens (primary N) is 1. The van der Waals surface area contributed by atoms with Crippen molar-refractivity contribution in [2.24, 2.45) is 12.8 Å². The Morgan fingerprint density at radius 1 is 1.19 bits per heavy atom. The molecule has 0 aliphatic heterocycles. The van der Waals surface area contributed by atoms with Crippen molar-refractivity contribution >= 4 is 28.9 Å². The summed E-state index contributed by atoms with van der Waals surface area (Å²) in [4.78, 5) is 27.3. The molecule has 0 saturated carbocycles. The first kappa shape index (κ1) is 18.2. The number of carbonyl (C=O) groups is 2. The van der Waals surface area contributed by atoms with E-state index in [1.807, 2.05) is 35.9 Å². The molecule has 7 nitrogen and oxygen atoms in total. The molecule has 0 unspecified atom stereocenters. The third-order valence-electron chi connectivity index (χ3n) is 3.99. The van der Waals surface area contributed by atoms with E-state index in [0.717, 1.165) is 22.4 Å². The fourth-order valence-electron chi connectivity index (χ4n) is 2.58. The number of amides is 2. The van der Waals surface area contributed by atoms with Gasteiger partial charge in [0.15, 0.2) is 6.61 Å². The number of fused-ring (bicyclic) bond motifs is 1. The van der Waals surface area contributed by atoms with Crippen molar-refractivity contribution in [1.82, 2.24) is 14.9 Å². The maximum Gasteiger partial charge on any atom is 0.255 e. The molecule has 3 rings (SSSR count). The van der Waals surface area contributed by atoms with Crippen LogP contribution in [0.5, 0.6) is 5.75 Å². The number of rotatable bonds is 7. The predicted octanol–water partition coefficient (Wildman–Crippen LogP) is 1.77. The second-order valence-corrected chi connectivity index (χ2v) is 5.95. The highest BCUT2D eigenvalue weighted by molar-refractivity contribution is 5.91. The first-order valence-corrected chi connectivity index (χ1v) is 8.40. The topological polar surface area (TPSA) is 99.2 Å². The van der Waals surface area contributed by atoms with Crippen molar-refractivity contribution in [1.29, 1.82) is 0 Å². The van der Waals surface area contributed by atoms with E-state index in [4.69, 9.17) is 10.5 Å². The molecule has 0 saturated heterocycles. The fourth-order valence-corrected chi connectivity index (χ4v) is 2.58. The molecule has 0 bridgehead atoms. The Bertz CT molecular complexity index is 990. The van der Waals surface area contributed by atoms with E-state index in [0.29, 0.717) is 12.3 Å². The van der Waals surface area contributed by atoms with Gasteiger partial charge >= 0.3 is 0 Å². The van der Waals surface area contributed by atoms with Crippen LogP contribution in [0.25, 0.3) is 17.1 Å². The van der Waals surface area contributed by atoms with Crippen LogP contribution in [0.1, 0.15) is 11.4 Å². The van der Waals surface area contributed by atoms with Crippen LogP contribution >= 0.6 is 0 Å². The Morgan fingerprint density at radius 3 is 2.63 bits per heavy atom. The number of benzene rings is 2. The number of imidazole rings is 1. The summed E-state index contributed by atoms with van der Waals surface area (Å²) >= 11 is 0. The van der Waals surface area contributed by atoms with Crippen LogP contribution in [-0.2, 0) is 23.2 Å². The summed E-state index contributed by atoms with van der Waals surface area (Å²) in [6.45, 7) is 0.175. The van der Waals surface area contributed by atoms with Crippen molar-refractivity contribution in [3.63, 3.8) is 0 Å². The smallest absolute Gasteiger partial charge is 0.255 e. The maximum absolute atomic E-state index is 12.0. The Hall–Kier alpha value is -3.61. The monoisotopic (exact) mass is 364 g/mol. The zero-order valence-corrected chi connectivity index (χ0v) is 14.9. The van der Waals surface area contributed by atoms with Crippen LogP contribution in [0, 0.1) is 0 Å². The van der Waals surface area contributed by atoms with Crippen LogP contribution in [0.15, 0.2) is 54.6 Å².